The standard InChI is InChI=1S/C16H23N7O/c17-16-14(19-5-6-20-16)9-13-3-1-7-22(10-13)15(24)4-2-8-23-12-18-11-21-23/h5-6,11-13H,1-4,7-10H2,(H2,17,20)/t13-/m1/s1. The summed E-state index contributed by atoms with van der Waals surface area (Å²) in [5.74, 6) is 1.11. The van der Waals surface area contributed by atoms with Gasteiger partial charge in [0.05, 0.1) is 5.69 Å². The van der Waals surface area contributed by atoms with Gasteiger partial charge >= 0.3 is 0 Å². The normalized spacial score (nSPS) is 17.8. The number of carbonyl (C=O) groups is 1. The van der Waals surface area contributed by atoms with Gasteiger partial charge in [0.15, 0.2) is 0 Å². The maximum absolute atomic E-state index is 12.4. The van der Waals surface area contributed by atoms with Crippen molar-refractivity contribution in [3.63, 3.8) is 0 Å². The average molecular weight is 329 g/mol. The molecule has 2 aromatic heterocycles. The summed E-state index contributed by atoms with van der Waals surface area (Å²) in [4.78, 5) is 26.7. The molecule has 24 heavy (non-hydrogen) atoms. The van der Waals surface area contributed by atoms with Crippen molar-refractivity contribution >= 4 is 11.7 Å². The van der Waals surface area contributed by atoms with Crippen molar-refractivity contribution in [2.45, 2.75) is 38.6 Å². The number of nitrogen functional groups attached to an aromatic ring is 1. The van der Waals surface area contributed by atoms with E-state index >= 15 is 0 Å². The van der Waals surface area contributed by atoms with E-state index < -0.39 is 0 Å². The summed E-state index contributed by atoms with van der Waals surface area (Å²) < 4.78 is 1.75. The van der Waals surface area contributed by atoms with Crippen molar-refractivity contribution in [3.05, 3.63) is 30.7 Å². The first kappa shape index (κ1) is 16.4. The largest absolute Gasteiger partial charge is 0.382 e. The highest BCUT2D eigenvalue weighted by molar-refractivity contribution is 5.76. The van der Waals surface area contributed by atoms with Gasteiger partial charge in [0, 0.05) is 38.4 Å². The van der Waals surface area contributed by atoms with Crippen LogP contribution in [-0.4, -0.2) is 48.6 Å². The van der Waals surface area contributed by atoms with Crippen molar-refractivity contribution in [1.29, 1.82) is 0 Å². The minimum Gasteiger partial charge on any atom is -0.382 e. The molecule has 1 amide bonds. The number of piperidine rings is 1. The minimum absolute atomic E-state index is 0.215. The molecule has 1 atom stereocenters. The third-order valence-corrected chi connectivity index (χ3v) is 4.40. The zero-order valence-electron chi connectivity index (χ0n) is 13.7. The Hall–Kier alpha value is -2.51. The first-order valence-corrected chi connectivity index (χ1v) is 8.38. The van der Waals surface area contributed by atoms with Crippen LogP contribution in [-0.2, 0) is 17.8 Å². The average Bonchev–Trinajstić information content (AvgIpc) is 3.10. The molecule has 8 nitrogen and oxygen atoms in total. The lowest BCUT2D eigenvalue weighted by Crippen LogP contribution is -2.40. The zero-order valence-corrected chi connectivity index (χ0v) is 13.7. The molecule has 3 heterocycles. The molecule has 0 bridgehead atoms. The number of amides is 1. The van der Waals surface area contributed by atoms with Gasteiger partial charge in [-0.25, -0.2) is 9.97 Å². The van der Waals surface area contributed by atoms with Crippen LogP contribution in [0.25, 0.3) is 0 Å². The molecule has 1 aliphatic rings. The monoisotopic (exact) mass is 329 g/mol. The van der Waals surface area contributed by atoms with E-state index in [-0.39, 0.29) is 5.91 Å². The van der Waals surface area contributed by atoms with Gasteiger partial charge in [-0.1, -0.05) is 0 Å². The Morgan fingerprint density at radius 2 is 2.21 bits per heavy atom. The van der Waals surface area contributed by atoms with Gasteiger partial charge in [-0.3, -0.25) is 14.5 Å². The molecule has 3 rings (SSSR count). The molecule has 0 aliphatic carbocycles. The lowest BCUT2D eigenvalue weighted by Gasteiger charge is -2.33. The number of likely N-dealkylation sites (tertiary alicyclic amines) is 1. The summed E-state index contributed by atoms with van der Waals surface area (Å²) in [7, 11) is 0. The summed E-state index contributed by atoms with van der Waals surface area (Å²) in [6, 6.07) is 0. The van der Waals surface area contributed by atoms with Crippen LogP contribution < -0.4 is 5.73 Å². The van der Waals surface area contributed by atoms with Crippen molar-refractivity contribution in [3.8, 4) is 0 Å². The van der Waals surface area contributed by atoms with Gasteiger partial charge in [0.25, 0.3) is 0 Å². The van der Waals surface area contributed by atoms with E-state index in [1.165, 1.54) is 6.33 Å². The molecule has 8 heteroatoms. The maximum Gasteiger partial charge on any atom is 0.222 e. The van der Waals surface area contributed by atoms with E-state index in [0.29, 0.717) is 18.2 Å². The summed E-state index contributed by atoms with van der Waals surface area (Å²) in [5.41, 5.74) is 6.71. The second kappa shape index (κ2) is 7.85. The van der Waals surface area contributed by atoms with Crippen LogP contribution in [0.15, 0.2) is 25.0 Å². The Morgan fingerprint density at radius 1 is 1.33 bits per heavy atom. The van der Waals surface area contributed by atoms with E-state index in [1.807, 2.05) is 4.90 Å². The topological polar surface area (TPSA) is 103 Å². The van der Waals surface area contributed by atoms with Crippen LogP contribution in [0.2, 0.25) is 0 Å². The van der Waals surface area contributed by atoms with Gasteiger partial charge in [-0.15, -0.1) is 0 Å². The number of carbonyl (C=O) groups excluding carboxylic acids is 1. The maximum atomic E-state index is 12.4. The molecule has 0 aromatic carbocycles. The predicted octanol–water partition coefficient (Wildman–Crippen LogP) is 0.912. The fourth-order valence-corrected chi connectivity index (χ4v) is 3.17. The summed E-state index contributed by atoms with van der Waals surface area (Å²) in [6.07, 6.45) is 10.7. The molecule has 2 N–H and O–H groups in total. The van der Waals surface area contributed by atoms with Gasteiger partial charge in [-0.2, -0.15) is 5.10 Å². The van der Waals surface area contributed by atoms with Crippen LogP contribution in [0.1, 0.15) is 31.4 Å². The second-order valence-electron chi connectivity index (χ2n) is 6.20. The fourth-order valence-electron chi connectivity index (χ4n) is 3.17. The Morgan fingerprint density at radius 3 is 3.00 bits per heavy atom. The summed E-state index contributed by atoms with van der Waals surface area (Å²) in [5, 5.41) is 4.05. The molecule has 1 fully saturated rings. The zero-order chi connectivity index (χ0) is 16.8. The quantitative estimate of drug-likeness (QED) is 0.845. The number of hydrogen-bond acceptors (Lipinski definition) is 6. The molecule has 0 spiro atoms. The van der Waals surface area contributed by atoms with Gasteiger partial charge in [0.2, 0.25) is 5.91 Å². The highest BCUT2D eigenvalue weighted by Crippen LogP contribution is 2.22. The third kappa shape index (κ3) is 4.27. The van der Waals surface area contributed by atoms with Gasteiger partial charge < -0.3 is 10.6 Å². The number of anilines is 1. The summed E-state index contributed by atoms with van der Waals surface area (Å²) >= 11 is 0. The Kier molecular flexibility index (Phi) is 5.35. The number of hydrogen-bond donors (Lipinski definition) is 1. The third-order valence-electron chi connectivity index (χ3n) is 4.40. The molecule has 1 aliphatic heterocycles. The van der Waals surface area contributed by atoms with Crippen molar-refractivity contribution in [1.82, 2.24) is 29.6 Å². The minimum atomic E-state index is 0.215. The van der Waals surface area contributed by atoms with Crippen molar-refractivity contribution < 1.29 is 4.79 Å². The fraction of sp³-hybridized carbons (Fsp3) is 0.562. The molecular weight excluding hydrogens is 306 g/mol. The molecule has 0 saturated carbocycles. The van der Waals surface area contributed by atoms with Crippen LogP contribution in [0.4, 0.5) is 5.82 Å². The highest BCUT2D eigenvalue weighted by atomic mass is 16.2. The number of nitrogens with zero attached hydrogens (tertiary/aromatic N) is 6. The molecule has 0 radical (unpaired) electrons. The SMILES string of the molecule is Nc1nccnc1C[C@H]1CCCN(C(=O)CCCn2cncn2)C1. The van der Waals surface area contributed by atoms with Crippen LogP contribution >= 0.6 is 0 Å². The first-order chi connectivity index (χ1) is 11.7. The number of nitrogens with two attached hydrogens (primary N) is 1. The van der Waals surface area contributed by atoms with E-state index in [4.69, 9.17) is 5.73 Å². The Balaban J connectivity index is 1.47. The molecule has 128 valence electrons. The Labute approximate surface area is 141 Å². The number of aryl methyl sites for hydroxylation is 1. The molecular formula is C16H23N7O. The van der Waals surface area contributed by atoms with E-state index in [0.717, 1.165) is 51.0 Å². The predicted molar refractivity (Wildman–Crippen MR) is 88.7 cm³/mol. The van der Waals surface area contributed by atoms with E-state index in [9.17, 15) is 4.79 Å². The summed E-state index contributed by atoms with van der Waals surface area (Å²) in [6.45, 7) is 2.34. The lowest BCUT2D eigenvalue weighted by atomic mass is 9.93. The van der Waals surface area contributed by atoms with Crippen molar-refractivity contribution in [2.75, 3.05) is 18.8 Å². The first-order valence-electron chi connectivity index (χ1n) is 8.38. The highest BCUT2D eigenvalue weighted by Gasteiger charge is 2.24. The number of rotatable bonds is 6. The van der Waals surface area contributed by atoms with E-state index in [1.54, 1.807) is 23.4 Å². The molecule has 2 aromatic rings. The smallest absolute Gasteiger partial charge is 0.222 e. The lowest BCUT2D eigenvalue weighted by molar-refractivity contribution is -0.133. The van der Waals surface area contributed by atoms with Crippen molar-refractivity contribution in [2.24, 2.45) is 5.92 Å². The molecule has 0 unspecified atom stereocenters. The van der Waals surface area contributed by atoms with Gasteiger partial charge in [0.1, 0.15) is 18.5 Å². The Bertz CT molecular complexity index is 658. The van der Waals surface area contributed by atoms with E-state index in [2.05, 4.69) is 20.1 Å². The molecule has 1 saturated heterocycles. The van der Waals surface area contributed by atoms with Crippen LogP contribution in [0, 0.1) is 5.92 Å². The van der Waals surface area contributed by atoms with Gasteiger partial charge in [-0.05, 0) is 31.6 Å². The van der Waals surface area contributed by atoms with Crippen LogP contribution in [0.3, 0.4) is 0 Å². The second-order valence-corrected chi connectivity index (χ2v) is 6.20. The van der Waals surface area contributed by atoms with Crippen LogP contribution in [0.5, 0.6) is 0 Å². The number of aromatic nitrogens is 5.